The fraction of sp³-hybridized carbons (Fsp3) is 0. The van der Waals surface area contributed by atoms with Gasteiger partial charge in [-0.2, -0.15) is 9.70 Å². The van der Waals surface area contributed by atoms with Crippen molar-refractivity contribution in [2.75, 3.05) is 0 Å². The fourth-order valence-electron chi connectivity index (χ4n) is 3.05. The lowest BCUT2D eigenvalue weighted by atomic mass is 10.1. The number of nitrogens with one attached hydrogen (secondary N) is 1. The van der Waals surface area contributed by atoms with E-state index in [9.17, 15) is 0 Å². The first-order chi connectivity index (χ1) is 11.9. The minimum atomic E-state index is 0.263. The number of hydrogen-bond acceptors (Lipinski definition) is 3. The standard InChI is InChI=1S/C19H16N5/c1-4-10-16(11-5-1)24(19-20-22-23-21-19,17-12-6-2-7-13-17)18-14-8-3-9-15-18/h1-15H,(H,20,21,22,23)/q+1. The first-order valence-corrected chi connectivity index (χ1v) is 7.72. The average molecular weight is 314 g/mol. The second-order valence-corrected chi connectivity index (χ2v) is 5.39. The Morgan fingerprint density at radius 2 is 1.00 bits per heavy atom. The molecule has 0 saturated carbocycles. The van der Waals surface area contributed by atoms with E-state index in [1.54, 1.807) is 0 Å². The molecule has 116 valence electrons. The molecule has 0 spiro atoms. The minimum absolute atomic E-state index is 0.263. The van der Waals surface area contributed by atoms with Crippen LogP contribution in [0.5, 0.6) is 0 Å². The largest absolute Gasteiger partial charge is 0.383 e. The number of para-hydroxylation sites is 3. The van der Waals surface area contributed by atoms with Crippen LogP contribution in [0.2, 0.25) is 0 Å². The van der Waals surface area contributed by atoms with Gasteiger partial charge in [0, 0.05) is 36.4 Å². The molecule has 0 atom stereocenters. The van der Waals surface area contributed by atoms with E-state index in [1.807, 2.05) is 54.6 Å². The summed E-state index contributed by atoms with van der Waals surface area (Å²) in [6.07, 6.45) is 0. The maximum Gasteiger partial charge on any atom is 0.383 e. The predicted octanol–water partition coefficient (Wildman–Crippen LogP) is 4.50. The predicted molar refractivity (Wildman–Crippen MR) is 94.3 cm³/mol. The first kappa shape index (κ1) is 14.3. The number of tetrazole rings is 1. The number of quaternary nitrogens is 1. The highest BCUT2D eigenvalue weighted by Gasteiger charge is 2.42. The van der Waals surface area contributed by atoms with E-state index in [0.29, 0.717) is 5.95 Å². The van der Waals surface area contributed by atoms with Crippen LogP contribution in [0.3, 0.4) is 0 Å². The molecule has 1 N–H and O–H groups in total. The smallest absolute Gasteiger partial charge is 0.172 e. The Morgan fingerprint density at radius 1 is 0.583 bits per heavy atom. The summed E-state index contributed by atoms with van der Waals surface area (Å²) in [6, 6.07) is 30.6. The molecule has 0 fully saturated rings. The number of rotatable bonds is 4. The lowest BCUT2D eigenvalue weighted by Crippen LogP contribution is -2.34. The normalized spacial score (nSPS) is 11.3. The molecule has 5 nitrogen and oxygen atoms in total. The van der Waals surface area contributed by atoms with Gasteiger partial charge in [-0.05, 0) is 5.21 Å². The van der Waals surface area contributed by atoms with Crippen LogP contribution in [0.4, 0.5) is 23.0 Å². The van der Waals surface area contributed by atoms with Crippen LogP contribution >= 0.6 is 0 Å². The van der Waals surface area contributed by atoms with Gasteiger partial charge >= 0.3 is 5.95 Å². The van der Waals surface area contributed by atoms with E-state index >= 15 is 0 Å². The summed E-state index contributed by atoms with van der Waals surface area (Å²) in [5.41, 5.74) is 3.11. The molecule has 3 aromatic carbocycles. The first-order valence-electron chi connectivity index (χ1n) is 7.72. The lowest BCUT2D eigenvalue weighted by molar-refractivity contribution is 0.659. The Morgan fingerprint density at radius 3 is 1.33 bits per heavy atom. The van der Waals surface area contributed by atoms with Crippen LogP contribution in [0, 0.1) is 0 Å². The van der Waals surface area contributed by atoms with Gasteiger partial charge in [0.2, 0.25) is 0 Å². The quantitative estimate of drug-likeness (QED) is 0.564. The second-order valence-electron chi connectivity index (χ2n) is 5.39. The van der Waals surface area contributed by atoms with E-state index in [0.717, 1.165) is 17.1 Å². The summed E-state index contributed by atoms with van der Waals surface area (Å²) in [5.74, 6) is 0.568. The van der Waals surface area contributed by atoms with Gasteiger partial charge in [0.25, 0.3) is 0 Å². The van der Waals surface area contributed by atoms with E-state index in [1.165, 1.54) is 0 Å². The molecular formula is C19H16N5+. The van der Waals surface area contributed by atoms with Crippen LogP contribution in [-0.4, -0.2) is 20.6 Å². The number of benzene rings is 3. The summed E-state index contributed by atoms with van der Waals surface area (Å²) >= 11 is 0. The van der Waals surface area contributed by atoms with Crippen LogP contribution in [0.1, 0.15) is 0 Å². The third-order valence-electron chi connectivity index (χ3n) is 4.06. The van der Waals surface area contributed by atoms with Crippen LogP contribution < -0.4 is 4.48 Å². The molecule has 4 aromatic rings. The van der Waals surface area contributed by atoms with Crippen molar-refractivity contribution in [3.8, 4) is 0 Å². The average Bonchev–Trinajstić information content (AvgIpc) is 3.20. The Hall–Kier alpha value is -3.31. The molecule has 24 heavy (non-hydrogen) atoms. The molecule has 0 saturated heterocycles. The van der Waals surface area contributed by atoms with Gasteiger partial charge < -0.3 is 0 Å². The number of aromatic amines is 1. The van der Waals surface area contributed by atoms with E-state index in [-0.39, 0.29) is 4.48 Å². The highest BCUT2D eigenvalue weighted by atomic mass is 15.6. The van der Waals surface area contributed by atoms with Crippen molar-refractivity contribution in [1.29, 1.82) is 0 Å². The van der Waals surface area contributed by atoms with Crippen molar-refractivity contribution < 1.29 is 0 Å². The summed E-state index contributed by atoms with van der Waals surface area (Å²) in [4.78, 5) is 0. The van der Waals surface area contributed by atoms with Gasteiger partial charge in [0.05, 0.1) is 0 Å². The van der Waals surface area contributed by atoms with Gasteiger partial charge in [-0.3, -0.25) is 0 Å². The van der Waals surface area contributed by atoms with Crippen molar-refractivity contribution in [2.24, 2.45) is 0 Å². The van der Waals surface area contributed by atoms with Crippen LogP contribution in [0.25, 0.3) is 0 Å². The Kier molecular flexibility index (Phi) is 3.61. The van der Waals surface area contributed by atoms with E-state index < -0.39 is 0 Å². The van der Waals surface area contributed by atoms with Gasteiger partial charge in [0.1, 0.15) is 0 Å². The zero-order valence-electron chi connectivity index (χ0n) is 12.9. The maximum absolute atomic E-state index is 4.34. The number of H-pyrrole nitrogens is 1. The minimum Gasteiger partial charge on any atom is -0.172 e. The Bertz CT molecular complexity index is 794. The molecule has 0 aliphatic heterocycles. The molecule has 0 aliphatic rings. The SMILES string of the molecule is c1ccc([N+](c2ccccc2)(c2ccccc2)c2nn[nH]n2)cc1. The summed E-state index contributed by atoms with van der Waals surface area (Å²) < 4.78 is 0.263. The van der Waals surface area contributed by atoms with Gasteiger partial charge in [-0.25, -0.2) is 0 Å². The van der Waals surface area contributed by atoms with Crippen molar-refractivity contribution >= 4 is 23.0 Å². The topological polar surface area (TPSA) is 54.5 Å². The van der Waals surface area contributed by atoms with Gasteiger partial charge in [0.15, 0.2) is 17.1 Å². The molecule has 1 heterocycles. The zero-order chi connectivity index (χ0) is 16.2. The second kappa shape index (κ2) is 6.06. The van der Waals surface area contributed by atoms with Crippen molar-refractivity contribution in [2.45, 2.75) is 0 Å². The fourth-order valence-corrected chi connectivity index (χ4v) is 3.05. The molecule has 1 aromatic heterocycles. The monoisotopic (exact) mass is 314 g/mol. The maximum atomic E-state index is 4.34. The number of hydrogen-bond donors (Lipinski definition) is 1. The Labute approximate surface area is 139 Å². The molecule has 0 unspecified atom stereocenters. The summed E-state index contributed by atoms with van der Waals surface area (Å²) in [5, 5.41) is 15.1. The van der Waals surface area contributed by atoms with Gasteiger partial charge in [-0.1, -0.05) is 64.8 Å². The summed E-state index contributed by atoms with van der Waals surface area (Å²) in [6.45, 7) is 0. The molecule has 0 bridgehead atoms. The Balaban J connectivity index is 2.12. The van der Waals surface area contributed by atoms with Gasteiger partial charge in [-0.15, -0.1) is 0 Å². The van der Waals surface area contributed by atoms with Crippen molar-refractivity contribution in [3.63, 3.8) is 0 Å². The number of nitrogens with zero attached hydrogens (tertiary/aromatic N) is 4. The molecular weight excluding hydrogens is 298 g/mol. The lowest BCUT2D eigenvalue weighted by Gasteiger charge is -2.32. The molecule has 5 heteroatoms. The molecule has 0 radical (unpaired) electrons. The third-order valence-corrected chi connectivity index (χ3v) is 4.06. The zero-order valence-corrected chi connectivity index (χ0v) is 12.9. The molecule has 4 rings (SSSR count). The van der Waals surface area contributed by atoms with E-state index in [2.05, 4.69) is 57.0 Å². The molecule has 0 aliphatic carbocycles. The number of aromatic nitrogens is 4. The third kappa shape index (κ3) is 2.19. The highest BCUT2D eigenvalue weighted by Crippen LogP contribution is 2.48. The summed E-state index contributed by atoms with van der Waals surface area (Å²) in [7, 11) is 0. The van der Waals surface area contributed by atoms with Crippen LogP contribution in [-0.2, 0) is 0 Å². The van der Waals surface area contributed by atoms with E-state index in [4.69, 9.17) is 0 Å². The van der Waals surface area contributed by atoms with Crippen molar-refractivity contribution in [3.05, 3.63) is 91.0 Å². The van der Waals surface area contributed by atoms with Crippen LogP contribution in [0.15, 0.2) is 91.0 Å². The molecule has 0 amide bonds. The van der Waals surface area contributed by atoms with Crippen molar-refractivity contribution in [1.82, 2.24) is 25.1 Å². The highest BCUT2D eigenvalue weighted by molar-refractivity contribution is 5.78.